The number of fused-ring (bicyclic) bond motifs is 3. The lowest BCUT2D eigenvalue weighted by atomic mass is 9.98. The van der Waals surface area contributed by atoms with Crippen LogP contribution in [0.15, 0.2) is 48.5 Å². The normalized spacial score (nSPS) is 19.9. The second-order valence-corrected chi connectivity index (χ2v) is 9.61. The van der Waals surface area contributed by atoms with Gasteiger partial charge in [-0.05, 0) is 47.4 Å². The Kier molecular flexibility index (Phi) is 6.26. The molecule has 1 aliphatic heterocycles. The van der Waals surface area contributed by atoms with E-state index in [1.807, 2.05) is 24.3 Å². The first-order valence-electron chi connectivity index (χ1n) is 12.1. The molecule has 2 N–H and O–H groups in total. The Bertz CT molecular complexity index is 1050. The number of amides is 2. The Hall–Kier alpha value is -3.35. The maximum atomic E-state index is 13.1. The third-order valence-electron chi connectivity index (χ3n) is 7.32. The number of carbonyl (C=O) groups is 3. The van der Waals surface area contributed by atoms with E-state index in [-0.39, 0.29) is 25.0 Å². The molecule has 34 heavy (non-hydrogen) atoms. The van der Waals surface area contributed by atoms with Crippen molar-refractivity contribution < 1.29 is 24.2 Å². The lowest BCUT2D eigenvalue weighted by Gasteiger charge is -2.27. The van der Waals surface area contributed by atoms with Crippen LogP contribution in [0.1, 0.15) is 49.1 Å². The fourth-order valence-electron chi connectivity index (χ4n) is 5.41. The van der Waals surface area contributed by atoms with Crippen molar-refractivity contribution in [2.45, 2.75) is 44.1 Å². The summed E-state index contributed by atoms with van der Waals surface area (Å²) in [6.45, 7) is 0.838. The van der Waals surface area contributed by atoms with Crippen LogP contribution in [-0.4, -0.2) is 53.7 Å². The maximum Gasteiger partial charge on any atom is 0.407 e. The molecule has 178 valence electrons. The van der Waals surface area contributed by atoms with Crippen LogP contribution in [0.25, 0.3) is 11.1 Å². The van der Waals surface area contributed by atoms with Gasteiger partial charge >= 0.3 is 12.1 Å². The molecule has 2 atom stereocenters. The Labute approximate surface area is 199 Å². The average molecular weight is 463 g/mol. The van der Waals surface area contributed by atoms with Gasteiger partial charge in [-0.1, -0.05) is 61.4 Å². The molecule has 1 unspecified atom stereocenters. The highest BCUT2D eigenvalue weighted by molar-refractivity contribution is 5.86. The van der Waals surface area contributed by atoms with Crippen molar-refractivity contribution in [1.29, 1.82) is 0 Å². The van der Waals surface area contributed by atoms with Gasteiger partial charge in [-0.2, -0.15) is 0 Å². The molecule has 1 heterocycles. The number of rotatable bonds is 8. The minimum absolute atomic E-state index is 0.0250. The lowest BCUT2D eigenvalue weighted by Crippen LogP contribution is -2.46. The van der Waals surface area contributed by atoms with E-state index in [1.54, 1.807) is 0 Å². The average Bonchev–Trinajstić information content (AvgIpc) is 3.42. The molecule has 5 rings (SSSR count). The van der Waals surface area contributed by atoms with Crippen LogP contribution in [0.5, 0.6) is 0 Å². The summed E-state index contributed by atoms with van der Waals surface area (Å²) in [5, 5.41) is 12.2. The molecular formula is C27H30N2O5. The van der Waals surface area contributed by atoms with Gasteiger partial charge in [0.25, 0.3) is 0 Å². The van der Waals surface area contributed by atoms with Crippen LogP contribution >= 0.6 is 0 Å². The summed E-state index contributed by atoms with van der Waals surface area (Å²) in [4.78, 5) is 38.8. The van der Waals surface area contributed by atoms with Crippen LogP contribution in [0.4, 0.5) is 4.79 Å². The predicted molar refractivity (Wildman–Crippen MR) is 126 cm³/mol. The number of benzene rings is 2. The van der Waals surface area contributed by atoms with Gasteiger partial charge in [-0.25, -0.2) is 9.59 Å². The van der Waals surface area contributed by atoms with Crippen molar-refractivity contribution in [3.8, 4) is 11.1 Å². The highest BCUT2D eigenvalue weighted by Gasteiger charge is 2.39. The van der Waals surface area contributed by atoms with Gasteiger partial charge in [0.05, 0.1) is 5.92 Å². The van der Waals surface area contributed by atoms with Gasteiger partial charge in [0.15, 0.2) is 0 Å². The molecule has 7 heteroatoms. The number of hydrogen-bond donors (Lipinski definition) is 2. The largest absolute Gasteiger partial charge is 0.480 e. The standard InChI is InChI=1S/C27H30N2O5/c30-25(29-13-5-10-24(29)26(31)32)18(14-17-11-12-17)15-28-27(33)34-16-23-21-8-3-1-6-19(21)20-7-2-4-9-22(20)23/h1-4,6-9,17-18,23-24H,5,10-16H2,(H,28,33)(H,31,32)/t18?,24-/m0/s1. The van der Waals surface area contributed by atoms with Crippen molar-refractivity contribution in [2.75, 3.05) is 19.7 Å². The highest BCUT2D eigenvalue weighted by atomic mass is 16.5. The predicted octanol–water partition coefficient (Wildman–Crippen LogP) is 4.02. The van der Waals surface area contributed by atoms with Crippen LogP contribution in [0.2, 0.25) is 0 Å². The molecule has 2 aromatic carbocycles. The molecule has 3 aliphatic rings. The minimum Gasteiger partial charge on any atom is -0.480 e. The van der Waals surface area contributed by atoms with E-state index in [4.69, 9.17) is 4.74 Å². The molecule has 7 nitrogen and oxygen atoms in total. The summed E-state index contributed by atoms with van der Waals surface area (Å²) in [5.74, 6) is -1.10. The molecule has 2 amide bonds. The summed E-state index contributed by atoms with van der Waals surface area (Å²) in [7, 11) is 0. The van der Waals surface area contributed by atoms with Crippen molar-refractivity contribution in [3.63, 3.8) is 0 Å². The summed E-state index contributed by atoms with van der Waals surface area (Å²) < 4.78 is 5.61. The van der Waals surface area contributed by atoms with E-state index < -0.39 is 24.0 Å². The molecule has 0 spiro atoms. The fraction of sp³-hybridized carbons (Fsp3) is 0.444. The zero-order chi connectivity index (χ0) is 23.7. The molecule has 0 aromatic heterocycles. The van der Waals surface area contributed by atoms with Crippen molar-refractivity contribution in [2.24, 2.45) is 11.8 Å². The number of alkyl carbamates (subject to hydrolysis) is 1. The van der Waals surface area contributed by atoms with E-state index in [0.717, 1.165) is 24.0 Å². The van der Waals surface area contributed by atoms with E-state index in [2.05, 4.69) is 29.6 Å². The Morgan fingerprint density at radius 2 is 1.65 bits per heavy atom. The van der Waals surface area contributed by atoms with Crippen LogP contribution in [0.3, 0.4) is 0 Å². The number of nitrogens with zero attached hydrogens (tertiary/aromatic N) is 1. The van der Waals surface area contributed by atoms with E-state index in [1.165, 1.54) is 16.0 Å². The Balaban J connectivity index is 1.20. The number of nitrogens with one attached hydrogen (secondary N) is 1. The number of hydrogen-bond acceptors (Lipinski definition) is 4. The molecule has 0 radical (unpaired) electrons. The number of ether oxygens (including phenoxy) is 1. The third-order valence-corrected chi connectivity index (χ3v) is 7.32. The van der Waals surface area contributed by atoms with Crippen LogP contribution in [0, 0.1) is 11.8 Å². The zero-order valence-electron chi connectivity index (χ0n) is 19.1. The smallest absolute Gasteiger partial charge is 0.407 e. The van der Waals surface area contributed by atoms with Crippen molar-refractivity contribution in [1.82, 2.24) is 10.2 Å². The zero-order valence-corrected chi connectivity index (χ0v) is 19.1. The maximum absolute atomic E-state index is 13.1. The fourth-order valence-corrected chi connectivity index (χ4v) is 5.41. The topological polar surface area (TPSA) is 95.9 Å². The molecular weight excluding hydrogens is 432 g/mol. The van der Waals surface area contributed by atoms with Crippen molar-refractivity contribution >= 4 is 18.0 Å². The molecule has 1 saturated carbocycles. The molecule has 2 aromatic rings. The second kappa shape index (κ2) is 9.49. The summed E-state index contributed by atoms with van der Waals surface area (Å²) in [6, 6.07) is 15.6. The third kappa shape index (κ3) is 4.52. The second-order valence-electron chi connectivity index (χ2n) is 9.61. The monoisotopic (exact) mass is 462 g/mol. The SMILES string of the molecule is O=C(NCC(CC1CC1)C(=O)N1CCC[C@H]1C(=O)O)OCC1c2ccccc2-c2ccccc21. The van der Waals surface area contributed by atoms with Gasteiger partial charge in [-0.15, -0.1) is 0 Å². The number of carboxylic acids is 1. The van der Waals surface area contributed by atoms with E-state index >= 15 is 0 Å². The Morgan fingerprint density at radius 3 is 2.26 bits per heavy atom. The van der Waals surface area contributed by atoms with Crippen LogP contribution in [-0.2, 0) is 14.3 Å². The quantitative estimate of drug-likeness (QED) is 0.618. The number of carboxylic acid groups (broad SMARTS) is 1. The summed E-state index contributed by atoms with van der Waals surface area (Å²) in [6.07, 6.45) is 3.46. The number of aliphatic carboxylic acids is 1. The molecule has 1 saturated heterocycles. The van der Waals surface area contributed by atoms with E-state index in [0.29, 0.717) is 31.7 Å². The van der Waals surface area contributed by atoms with Gasteiger partial charge in [-0.3, -0.25) is 4.79 Å². The first-order valence-corrected chi connectivity index (χ1v) is 12.1. The number of carbonyl (C=O) groups excluding carboxylic acids is 2. The molecule has 2 fully saturated rings. The minimum atomic E-state index is -0.958. The van der Waals surface area contributed by atoms with Gasteiger partial charge in [0, 0.05) is 19.0 Å². The van der Waals surface area contributed by atoms with Gasteiger partial charge < -0.3 is 20.1 Å². The first-order chi connectivity index (χ1) is 16.5. The van der Waals surface area contributed by atoms with Crippen LogP contribution < -0.4 is 5.32 Å². The molecule has 0 bridgehead atoms. The highest BCUT2D eigenvalue weighted by Crippen LogP contribution is 2.44. The van der Waals surface area contributed by atoms with Gasteiger partial charge in [0.2, 0.25) is 5.91 Å². The van der Waals surface area contributed by atoms with Crippen molar-refractivity contribution in [3.05, 3.63) is 59.7 Å². The van der Waals surface area contributed by atoms with Gasteiger partial charge in [0.1, 0.15) is 12.6 Å². The lowest BCUT2D eigenvalue weighted by molar-refractivity contribution is -0.150. The first kappa shape index (κ1) is 22.4. The molecule has 2 aliphatic carbocycles. The number of likely N-dealkylation sites (tertiary alicyclic amines) is 1. The van der Waals surface area contributed by atoms with E-state index in [9.17, 15) is 19.5 Å². The Morgan fingerprint density at radius 1 is 1.00 bits per heavy atom. The summed E-state index contributed by atoms with van der Waals surface area (Å²) in [5.41, 5.74) is 4.63. The summed E-state index contributed by atoms with van der Waals surface area (Å²) >= 11 is 0.